The van der Waals surface area contributed by atoms with Crippen molar-refractivity contribution in [1.82, 2.24) is 144 Å². The van der Waals surface area contributed by atoms with Crippen molar-refractivity contribution in [3.8, 4) is 0 Å². The van der Waals surface area contributed by atoms with Crippen LogP contribution in [0.5, 0.6) is 0 Å². The Bertz CT molecular complexity index is 4310. The summed E-state index contributed by atoms with van der Waals surface area (Å²) >= 11 is 0. The number of ether oxygens (including phenoxy) is 14. The Balaban J connectivity index is 0.837. The van der Waals surface area contributed by atoms with Gasteiger partial charge < -0.3 is 246 Å². The van der Waals surface area contributed by atoms with Gasteiger partial charge in [-0.15, -0.1) is 43.4 Å². The molecule has 21 saturated heterocycles. The molecule has 0 saturated carbocycles. The Morgan fingerprint density at radius 2 is 0.452 bits per heavy atom. The minimum atomic E-state index is -2.36. The molecule has 43 atom stereocenters. The van der Waals surface area contributed by atoms with E-state index < -0.39 is 310 Å². The van der Waals surface area contributed by atoms with E-state index in [-0.39, 0.29) is 119 Å². The molecule has 28 rings (SSSR count). The Morgan fingerprint density at radius 3 is 0.658 bits per heavy atom. The van der Waals surface area contributed by atoms with E-state index in [1.54, 1.807) is 0 Å². The first kappa shape index (κ1) is 113. The summed E-state index contributed by atoms with van der Waals surface area (Å²) in [7, 11) is 0. The summed E-state index contributed by atoms with van der Waals surface area (Å²) in [5.41, 5.74) is 80.2. The van der Waals surface area contributed by atoms with Gasteiger partial charge in [0.2, 0.25) is 6.54 Å². The van der Waals surface area contributed by atoms with Crippen LogP contribution in [0.1, 0.15) is 0 Å². The highest BCUT2D eigenvalue weighted by atomic mass is 16.8. The van der Waals surface area contributed by atoms with Gasteiger partial charge in [0.05, 0.1) is 73.5 Å². The molecule has 70 heteroatoms. The minimum absolute atomic E-state index is 0.0483. The minimum Gasteiger partial charge on any atom is -0.387 e. The Labute approximate surface area is 832 Å². The molecule has 0 aromatic rings. The Hall–Kier alpha value is -6.73. The summed E-state index contributed by atoms with van der Waals surface area (Å²) in [5, 5.41) is 285. The predicted octanol–water partition coefficient (Wildman–Crippen LogP) is -29.7. The number of hydrazone groups is 1. The van der Waals surface area contributed by atoms with E-state index in [1.165, 1.54) is 78.2 Å². The lowest BCUT2D eigenvalue weighted by Crippen LogP contribution is -2.69. The fraction of sp³-hybridized carbons (Fsp3) is 0.829. The molecule has 56 N–H and O–H groups in total. The number of hydrogen-bond donors (Lipinski definition) is 49. The van der Waals surface area contributed by atoms with Crippen LogP contribution in [0.15, 0.2) is 71.4 Å². The number of hydrazine groups is 14. The molecule has 28 heterocycles. The molecule has 28 aliphatic heterocycles. The molecule has 70 nitrogen and oxygen atoms in total. The van der Waals surface area contributed by atoms with Crippen molar-refractivity contribution in [2.75, 3.05) is 131 Å². The highest BCUT2D eigenvalue weighted by Gasteiger charge is 2.62. The molecule has 0 aliphatic carbocycles. The largest absolute Gasteiger partial charge is 0.387 e. The van der Waals surface area contributed by atoms with E-state index in [0.29, 0.717) is 0 Å². The monoisotopic (exact) mass is 2110 g/mol. The maximum Gasteiger partial charge on any atom is 0.201 e. The molecule has 14 bridgehead atoms. The van der Waals surface area contributed by atoms with Gasteiger partial charge in [0, 0.05) is 122 Å². The van der Waals surface area contributed by atoms with Crippen molar-refractivity contribution in [2.45, 2.75) is 265 Å². The first-order chi connectivity index (χ1) is 70.2. The van der Waals surface area contributed by atoms with E-state index in [9.17, 15) is 107 Å². The Morgan fingerprint density at radius 1 is 0.260 bits per heavy atom. The van der Waals surface area contributed by atoms with E-state index in [0.717, 1.165) is 0 Å². The average molecular weight is 2110 g/mol. The second-order valence-corrected chi connectivity index (χ2v) is 36.5. The topological polar surface area (TPSA) is 1010 Å². The first-order valence-electron chi connectivity index (χ1n) is 47.8. The van der Waals surface area contributed by atoms with Crippen molar-refractivity contribution in [1.29, 1.82) is 0 Å². The van der Waals surface area contributed by atoms with Crippen LogP contribution in [0.2, 0.25) is 0 Å². The van der Waals surface area contributed by atoms with Gasteiger partial charge in [0.25, 0.3) is 0 Å². The zero-order valence-electron chi connectivity index (χ0n) is 78.8. The van der Waals surface area contributed by atoms with Gasteiger partial charge in [0.15, 0.2) is 56.3 Å². The molecule has 146 heavy (non-hydrogen) atoms. The third kappa shape index (κ3) is 27.0. The van der Waals surface area contributed by atoms with Crippen LogP contribution in [0.4, 0.5) is 0 Å². The van der Waals surface area contributed by atoms with E-state index in [4.69, 9.17) is 106 Å². The van der Waals surface area contributed by atoms with Gasteiger partial charge >= 0.3 is 0 Å². The summed E-state index contributed by atoms with van der Waals surface area (Å²) in [6.45, 7) is -2.69. The highest BCUT2D eigenvalue weighted by molar-refractivity contribution is 5.60. The van der Waals surface area contributed by atoms with Gasteiger partial charge in [-0.1, -0.05) is 0 Å². The van der Waals surface area contributed by atoms with E-state index in [1.807, 2.05) is 0 Å². The molecule has 0 amide bonds. The lowest BCUT2D eigenvalue weighted by molar-refractivity contribution is -0.597. The van der Waals surface area contributed by atoms with Gasteiger partial charge in [-0.3, -0.25) is 67.3 Å². The number of nitrogens with zero attached hydrogens (tertiary/aromatic N) is 7. The van der Waals surface area contributed by atoms with Crippen molar-refractivity contribution >= 4 is 6.21 Å². The molecule has 0 aromatic carbocycles. The summed E-state index contributed by atoms with van der Waals surface area (Å²) in [4.78, 5) is 0. The first-order valence-corrected chi connectivity index (χ1v) is 47.8. The van der Waals surface area contributed by atoms with E-state index in [2.05, 4.69) is 114 Å². The molecule has 22 unspecified atom stereocenters. The lowest BCUT2D eigenvalue weighted by atomic mass is 9.94. The third-order valence-corrected chi connectivity index (χ3v) is 26.0. The van der Waals surface area contributed by atoms with Gasteiger partial charge in [-0.2, -0.15) is 5.43 Å². The van der Waals surface area contributed by atoms with Crippen LogP contribution in [0.3, 0.4) is 0 Å². The quantitative estimate of drug-likeness (QED) is 0.0200. The van der Waals surface area contributed by atoms with Crippen LogP contribution in [-0.2, 0) is 66.3 Å². The second kappa shape index (κ2) is 52.3. The van der Waals surface area contributed by atoms with Gasteiger partial charge in [0.1, 0.15) is 214 Å². The van der Waals surface area contributed by atoms with Gasteiger partial charge in [-0.05, 0) is 0 Å². The Kier molecular flexibility index (Phi) is 40.6. The van der Waals surface area contributed by atoms with Crippen LogP contribution in [-0.4, -0.2) is 544 Å². The summed E-state index contributed by atoms with van der Waals surface area (Å²) < 4.78 is 93.9. The smallest absolute Gasteiger partial charge is 0.201 e. The molecular weight excluding hydrogens is 1960 g/mol. The molecule has 0 aromatic heterocycles. The van der Waals surface area contributed by atoms with Crippen LogP contribution < -0.4 is 154 Å². The van der Waals surface area contributed by atoms with Crippen LogP contribution >= 0.6 is 0 Å². The molecule has 0 spiro atoms. The normalized spacial score (nSPS) is 40.2. The average Bonchev–Trinajstić information content (AvgIpc) is 1.16. The van der Waals surface area contributed by atoms with Crippen molar-refractivity contribution < 1.29 is 178 Å². The predicted molar refractivity (Wildman–Crippen MR) is 483 cm³/mol. The van der Waals surface area contributed by atoms with Crippen molar-refractivity contribution in [2.24, 2.45) is 40.1 Å². The summed E-state index contributed by atoms with van der Waals surface area (Å²) in [5.74, 6) is 0. The number of nitrogens with two attached hydrogens (primary N) is 7. The lowest BCUT2D eigenvalue weighted by Gasteiger charge is -2.51. The fourth-order valence-electron chi connectivity index (χ4n) is 18.3. The van der Waals surface area contributed by atoms with E-state index >= 15 is 0 Å². The summed E-state index contributed by atoms with van der Waals surface area (Å²) in [6, 6.07) is -0.955. The zero-order chi connectivity index (χ0) is 104. The third-order valence-electron chi connectivity index (χ3n) is 26.0. The SMILES string of the molecule is NCCNC(O)C1=CN(CC2O[C@@H]3O[C@H]4C(CN5C=C(C(O)NCCN)NN5)O[C@H](O[C@H]5C(CN6C=C(C(O)NCCN)NN6)O[C@@H](O[C@H]6C(CN7C=C(C(O)NCN)NN7)O[C@@H](O[C@H]7C(CN8C=C(C(O)NCCN)NN8)O[C@@H](O[C@H]8C(C[N+]9=CC(C(O)NCCN)NN9)O[C@@H](O[C@H]9C(CN%10C=C(C(O)NCCN)NN%10)O[C@H](O[C@@H]2[C@H](O)C3O)C(O)[C@H]9O)C(O)[C@H]8O)C(O)[C@H]7O)C(O)[C@H]6O)C(O)[C@H]5O)C(O)[C@H]4O)NN1. The maximum absolute atomic E-state index is 12.9. The van der Waals surface area contributed by atoms with Crippen LogP contribution in [0, 0.1) is 0 Å². The number of rotatable bonds is 41. The number of nitrogens with one attached hydrogen (secondary N) is 21. The molecular formula is C76H146N35O35+. The molecule has 28 aliphatic rings. The second-order valence-electron chi connectivity index (χ2n) is 36.5. The molecule has 0 radical (unpaired) electrons. The van der Waals surface area contributed by atoms with Crippen molar-refractivity contribution in [3.63, 3.8) is 0 Å². The number of aliphatic hydroxyl groups is 21. The van der Waals surface area contributed by atoms with Crippen LogP contribution in [0.25, 0.3) is 0 Å². The highest BCUT2D eigenvalue weighted by Crippen LogP contribution is 2.41. The van der Waals surface area contributed by atoms with Gasteiger partial charge in [-0.25, -0.2) is 0 Å². The molecule has 834 valence electrons. The number of hydrogen-bond acceptors (Lipinski definition) is 69. The summed E-state index contributed by atoms with van der Waals surface area (Å²) in [6.07, 6.45) is -74.3. The number of aliphatic hydroxyl groups excluding tert-OH is 21. The maximum atomic E-state index is 12.9. The zero-order valence-corrected chi connectivity index (χ0v) is 78.8. The fourth-order valence-corrected chi connectivity index (χ4v) is 18.3. The standard InChI is InChI=1S/C76H146N35O35/c77-1-7-84-63(126)28-13-105(98-91-28)20-35-56-43(113)50(120)71(134-35)142-58-37(22-107-15-30(93-100-107)65(128)86-9-3-79)136-73(52(122)45(58)115)144-60-39(24-109-17-32(95-102-109)67(130)88-11-5-81)138-75(54(124)47(60)117)146-62-41(26-111-19-34(97-104-111)69(132)90-27-83)139-76(55(125)48(62)118)145-61-40(25-110-18-33(96-103-110)68(131)89-12-6-82)137-74(53(123)46(61)116)143-59-38(23-108-16-31(94-101-108)66(129)87-10-4-80)135-72(51(121)44(59)114)141-57-36(133-70(140-56)49(119)42(57)112)21-106-14-29(92-99-106)64(127)85-8-2-78/h13-19,31,35-76,84-104,112-132H,1-12,20-27,77-83H2/q+1/t31?,35?,36?,37?,38?,39?,40?,41?,42-,43-,44-,45-,46-,47-,48-,49?,50?,51?,52?,53?,54?,55?,56+,57+,58+,59+,60+,61+,62+,63?,64?,65?,66?,67?,68?,69?,70-,71-,72+,73-,74+,75+,76+/m1/s1. The molecule has 21 fully saturated rings. The van der Waals surface area contributed by atoms with Crippen molar-refractivity contribution in [3.05, 3.63) is 71.4 Å².